The number of aliphatic hydroxyl groups is 1. The Morgan fingerprint density at radius 3 is 3.00 bits per heavy atom. The van der Waals surface area contributed by atoms with Gasteiger partial charge in [0.15, 0.2) is 11.4 Å². The summed E-state index contributed by atoms with van der Waals surface area (Å²) in [4.78, 5) is 24.5. The number of methoxy groups -OCH3 is 1. The van der Waals surface area contributed by atoms with E-state index in [0.29, 0.717) is 31.7 Å². The number of hydrogen-bond acceptors (Lipinski definition) is 4. The molecule has 0 saturated heterocycles. The van der Waals surface area contributed by atoms with Crippen molar-refractivity contribution < 1.29 is 14.6 Å². The van der Waals surface area contributed by atoms with E-state index in [1.54, 1.807) is 4.57 Å². The number of fused-ring (bicyclic) bond motifs is 1. The summed E-state index contributed by atoms with van der Waals surface area (Å²) in [5.41, 5.74) is 0.623. The van der Waals surface area contributed by atoms with E-state index in [0.717, 1.165) is 5.69 Å². The van der Waals surface area contributed by atoms with Crippen LogP contribution in [0.5, 0.6) is 5.75 Å². The van der Waals surface area contributed by atoms with Gasteiger partial charge in [-0.1, -0.05) is 0 Å². The SMILES string of the molecule is COc1c(C(=O)NCCCCl)n2c(cc1=O)CCC2CO. The fourth-order valence-corrected chi connectivity index (χ4v) is 2.78. The van der Waals surface area contributed by atoms with E-state index in [9.17, 15) is 14.7 Å². The number of nitrogens with one attached hydrogen (secondary N) is 1. The number of nitrogens with zero attached hydrogens (tertiary/aromatic N) is 1. The molecule has 6 nitrogen and oxygen atoms in total. The predicted molar refractivity (Wildman–Crippen MR) is 79.4 cm³/mol. The summed E-state index contributed by atoms with van der Waals surface area (Å²) >= 11 is 5.59. The molecule has 0 spiro atoms. The average Bonchev–Trinajstić information content (AvgIpc) is 2.88. The number of carbonyl (C=O) groups is 1. The highest BCUT2D eigenvalue weighted by atomic mass is 35.5. The highest BCUT2D eigenvalue weighted by molar-refractivity contribution is 6.17. The largest absolute Gasteiger partial charge is 0.491 e. The van der Waals surface area contributed by atoms with Gasteiger partial charge in [0.1, 0.15) is 0 Å². The first kappa shape index (κ1) is 15.9. The maximum absolute atomic E-state index is 12.4. The zero-order chi connectivity index (χ0) is 15.4. The van der Waals surface area contributed by atoms with Crippen molar-refractivity contribution in [3.8, 4) is 5.75 Å². The minimum atomic E-state index is -0.378. The molecule has 1 aliphatic rings. The Hall–Kier alpha value is -1.53. The zero-order valence-electron chi connectivity index (χ0n) is 11.9. The molecule has 7 heteroatoms. The van der Waals surface area contributed by atoms with Gasteiger partial charge in [-0.25, -0.2) is 0 Å². The van der Waals surface area contributed by atoms with Crippen molar-refractivity contribution in [2.24, 2.45) is 0 Å². The molecule has 2 heterocycles. The Morgan fingerprint density at radius 2 is 2.38 bits per heavy atom. The second kappa shape index (κ2) is 6.95. The standard InChI is InChI=1S/C14H19ClN2O4/c1-21-13-11(19)7-9-3-4-10(8-18)17(9)12(13)14(20)16-6-2-5-15/h7,10,18H,2-6,8H2,1H3,(H,16,20). The molecule has 1 aliphatic heterocycles. The van der Waals surface area contributed by atoms with Crippen LogP contribution in [0.2, 0.25) is 0 Å². The molecule has 2 N–H and O–H groups in total. The number of carbonyl (C=O) groups excluding carboxylic acids is 1. The molecule has 0 fully saturated rings. The summed E-state index contributed by atoms with van der Waals surface area (Å²) in [6, 6.07) is 1.27. The van der Waals surface area contributed by atoms with Crippen LogP contribution in [0, 0.1) is 0 Å². The highest BCUT2D eigenvalue weighted by Crippen LogP contribution is 2.29. The first-order valence-electron chi connectivity index (χ1n) is 6.91. The molecule has 1 amide bonds. The van der Waals surface area contributed by atoms with Crippen LogP contribution in [0.1, 0.15) is 35.1 Å². The summed E-state index contributed by atoms with van der Waals surface area (Å²) < 4.78 is 6.84. The molecule has 1 aromatic heterocycles. The number of amides is 1. The summed E-state index contributed by atoms with van der Waals surface area (Å²) in [5, 5.41) is 12.2. The minimum Gasteiger partial charge on any atom is -0.491 e. The van der Waals surface area contributed by atoms with Gasteiger partial charge in [0.05, 0.1) is 19.8 Å². The van der Waals surface area contributed by atoms with E-state index in [1.165, 1.54) is 13.2 Å². The van der Waals surface area contributed by atoms with E-state index in [4.69, 9.17) is 16.3 Å². The number of aliphatic hydroxyl groups excluding tert-OH is 1. The van der Waals surface area contributed by atoms with Gasteiger partial charge in [-0.15, -0.1) is 11.6 Å². The normalized spacial score (nSPS) is 16.6. The molecule has 1 unspecified atom stereocenters. The smallest absolute Gasteiger partial charge is 0.271 e. The van der Waals surface area contributed by atoms with Crippen LogP contribution < -0.4 is 15.5 Å². The first-order valence-corrected chi connectivity index (χ1v) is 7.44. The Kier molecular flexibility index (Phi) is 5.25. The lowest BCUT2D eigenvalue weighted by atomic mass is 10.2. The molecule has 0 aromatic carbocycles. The lowest BCUT2D eigenvalue weighted by Crippen LogP contribution is -2.32. The summed E-state index contributed by atoms with van der Waals surface area (Å²) in [6.07, 6.45) is 2.00. The Morgan fingerprint density at radius 1 is 1.62 bits per heavy atom. The van der Waals surface area contributed by atoms with Gasteiger partial charge in [0.2, 0.25) is 5.43 Å². The second-order valence-electron chi connectivity index (χ2n) is 4.93. The van der Waals surface area contributed by atoms with Crippen LogP contribution in [-0.2, 0) is 6.42 Å². The molecule has 0 radical (unpaired) electrons. The fraction of sp³-hybridized carbons (Fsp3) is 0.571. The third-order valence-corrected chi connectivity index (χ3v) is 3.88. The number of halogens is 1. The fourth-order valence-electron chi connectivity index (χ4n) is 2.64. The van der Waals surface area contributed by atoms with Crippen LogP contribution >= 0.6 is 11.6 Å². The van der Waals surface area contributed by atoms with E-state index in [-0.39, 0.29) is 35.4 Å². The number of aromatic nitrogens is 1. The van der Waals surface area contributed by atoms with Crippen molar-refractivity contribution in [2.75, 3.05) is 26.1 Å². The molecule has 0 bridgehead atoms. The quantitative estimate of drug-likeness (QED) is 0.598. The van der Waals surface area contributed by atoms with Crippen molar-refractivity contribution in [1.29, 1.82) is 0 Å². The Labute approximate surface area is 127 Å². The van der Waals surface area contributed by atoms with Gasteiger partial charge in [0, 0.05) is 24.2 Å². The van der Waals surface area contributed by atoms with Crippen LogP contribution in [0.3, 0.4) is 0 Å². The molecular weight excluding hydrogens is 296 g/mol. The number of rotatable bonds is 6. The van der Waals surface area contributed by atoms with Crippen molar-refractivity contribution >= 4 is 17.5 Å². The van der Waals surface area contributed by atoms with E-state index in [1.807, 2.05) is 0 Å². The van der Waals surface area contributed by atoms with Gasteiger partial charge in [-0.3, -0.25) is 9.59 Å². The highest BCUT2D eigenvalue weighted by Gasteiger charge is 2.30. The predicted octanol–water partition coefficient (Wildman–Crippen LogP) is 0.695. The number of pyridine rings is 1. The maximum atomic E-state index is 12.4. The van der Waals surface area contributed by atoms with Crippen molar-refractivity contribution in [1.82, 2.24) is 9.88 Å². The lowest BCUT2D eigenvalue weighted by Gasteiger charge is -2.20. The lowest BCUT2D eigenvalue weighted by molar-refractivity contribution is 0.0935. The van der Waals surface area contributed by atoms with Gasteiger partial charge in [0.25, 0.3) is 5.91 Å². The monoisotopic (exact) mass is 314 g/mol. The molecule has 0 aliphatic carbocycles. The van der Waals surface area contributed by atoms with Gasteiger partial charge in [-0.05, 0) is 19.3 Å². The third kappa shape index (κ3) is 3.06. The molecule has 1 atom stereocenters. The van der Waals surface area contributed by atoms with E-state index in [2.05, 4.69) is 5.32 Å². The van der Waals surface area contributed by atoms with Crippen LogP contribution in [0.15, 0.2) is 10.9 Å². The zero-order valence-corrected chi connectivity index (χ0v) is 12.7. The summed E-state index contributed by atoms with van der Waals surface area (Å²) in [7, 11) is 1.36. The van der Waals surface area contributed by atoms with Gasteiger partial charge in [-0.2, -0.15) is 0 Å². The summed E-state index contributed by atoms with van der Waals surface area (Å²) in [5.74, 6) is 0.0857. The Bertz CT molecular complexity index is 585. The second-order valence-corrected chi connectivity index (χ2v) is 5.30. The minimum absolute atomic E-state index is 0.0162. The average molecular weight is 315 g/mol. The van der Waals surface area contributed by atoms with Crippen molar-refractivity contribution in [2.45, 2.75) is 25.3 Å². The molecule has 1 aromatic rings. The van der Waals surface area contributed by atoms with E-state index < -0.39 is 0 Å². The number of ether oxygens (including phenoxy) is 1. The molecule has 116 valence electrons. The van der Waals surface area contributed by atoms with Crippen LogP contribution in [0.25, 0.3) is 0 Å². The van der Waals surface area contributed by atoms with Crippen molar-refractivity contribution in [3.05, 3.63) is 27.7 Å². The molecule has 0 saturated carbocycles. The molecular formula is C14H19ClN2O4. The van der Waals surface area contributed by atoms with E-state index >= 15 is 0 Å². The third-order valence-electron chi connectivity index (χ3n) is 3.61. The molecule has 21 heavy (non-hydrogen) atoms. The van der Waals surface area contributed by atoms with Crippen LogP contribution in [0.4, 0.5) is 0 Å². The topological polar surface area (TPSA) is 80.6 Å². The number of aryl methyl sites for hydroxylation is 1. The maximum Gasteiger partial charge on any atom is 0.271 e. The van der Waals surface area contributed by atoms with Crippen LogP contribution in [-0.4, -0.2) is 41.7 Å². The number of hydrogen-bond donors (Lipinski definition) is 2. The Balaban J connectivity index is 2.46. The van der Waals surface area contributed by atoms with Crippen molar-refractivity contribution in [3.63, 3.8) is 0 Å². The van der Waals surface area contributed by atoms with Gasteiger partial charge < -0.3 is 19.7 Å². The molecule has 2 rings (SSSR count). The summed E-state index contributed by atoms with van der Waals surface area (Å²) in [6.45, 7) is 0.342. The number of alkyl halides is 1. The first-order chi connectivity index (χ1) is 10.1. The van der Waals surface area contributed by atoms with Gasteiger partial charge >= 0.3 is 0 Å².